The first-order chi connectivity index (χ1) is 38.2. The number of carbonyl (C=O) groups is 10. The third-order valence-corrected chi connectivity index (χ3v) is 15.7. The lowest BCUT2D eigenvalue weighted by Crippen LogP contribution is -2.29. The minimum atomic E-state index is -0.351. The maximum atomic E-state index is 11.6. The van der Waals surface area contributed by atoms with Gasteiger partial charge in [0.05, 0.1) is 29.6 Å². The molecule has 0 aromatic rings. The fourth-order valence-corrected chi connectivity index (χ4v) is 10.4. The summed E-state index contributed by atoms with van der Waals surface area (Å²) in [4.78, 5) is 121. The Morgan fingerprint density at radius 3 is 0.575 bits per heavy atom. The number of hydrogen-bond acceptors (Lipinski definition) is 10. The van der Waals surface area contributed by atoms with Gasteiger partial charge in [-0.05, 0) is 32.1 Å². The van der Waals surface area contributed by atoms with Crippen LogP contribution in [0.1, 0.15) is 227 Å². The van der Waals surface area contributed by atoms with Crippen molar-refractivity contribution < 1.29 is 47.9 Å². The van der Waals surface area contributed by atoms with Gasteiger partial charge in [-0.15, -0.1) is 0 Å². The quantitative estimate of drug-likeness (QED) is 0.0432. The van der Waals surface area contributed by atoms with Gasteiger partial charge in [0.1, 0.15) is 0 Å². The molecule has 20 nitrogen and oxygen atoms in total. The number of primary amides is 5. The summed E-state index contributed by atoms with van der Waals surface area (Å²) in [6, 6.07) is 0. The zero-order valence-electron chi connectivity index (χ0n) is 50.4. The standard InChI is InChI=1S/C14H26N2O2.C13H24N2O2.C12H22N2O2.C11H20N2O2.C10H18N2O2/c1-2-3-4-5-6-7-8-9-16-11-12(14(15)18)10-13(16)17;1-2-3-4-5-6-7-8-15-10-11(13(14)17)9-12(15)16;1-2-3-4-5-6-7-14-9-10(12(13)16)8-11(14)15;1-2-3-4-5-6-13-8-9(11(12)15)7-10(13)14;1-2-3-4-5-12-7-8(10(11)14)6-9(12)13/h12H,2-11H2,1H3,(H2,15,18);11H,2-10H2,1H3,(H2,14,17);10H,2-9H2,1H3,(H2,13,16);9H,2-8H2,1H3,(H2,12,15);8H,2-7H2,1H3,(H2,11,14). The van der Waals surface area contributed by atoms with Gasteiger partial charge in [0.25, 0.3) is 0 Å². The number of hydrogen-bond donors (Lipinski definition) is 5. The van der Waals surface area contributed by atoms with Crippen molar-refractivity contribution in [3.05, 3.63) is 0 Å². The van der Waals surface area contributed by atoms with Crippen molar-refractivity contribution in [2.45, 2.75) is 227 Å². The fourth-order valence-electron chi connectivity index (χ4n) is 10.4. The van der Waals surface area contributed by atoms with Crippen LogP contribution in [-0.2, 0) is 47.9 Å². The van der Waals surface area contributed by atoms with E-state index in [4.69, 9.17) is 28.7 Å². The van der Waals surface area contributed by atoms with Crippen LogP contribution in [0, 0.1) is 29.6 Å². The summed E-state index contributed by atoms with van der Waals surface area (Å²) in [5, 5.41) is 0. The molecule has 0 spiro atoms. The van der Waals surface area contributed by atoms with E-state index in [1.165, 1.54) is 109 Å². The first-order valence-corrected chi connectivity index (χ1v) is 31.1. The van der Waals surface area contributed by atoms with Gasteiger partial charge < -0.3 is 53.2 Å². The molecule has 5 atom stereocenters. The number of unbranched alkanes of at least 4 members (excludes halogenated alkanes) is 20. The summed E-state index contributed by atoms with van der Waals surface area (Å²) in [5.74, 6) is -2.63. The highest BCUT2D eigenvalue weighted by atomic mass is 16.2. The predicted molar refractivity (Wildman–Crippen MR) is 313 cm³/mol. The van der Waals surface area contributed by atoms with Crippen molar-refractivity contribution >= 4 is 59.1 Å². The topological polar surface area (TPSA) is 317 Å². The maximum absolute atomic E-state index is 11.6. The zero-order valence-corrected chi connectivity index (χ0v) is 50.4. The Kier molecular flexibility index (Phi) is 39.5. The van der Waals surface area contributed by atoms with E-state index in [2.05, 4.69) is 34.6 Å². The van der Waals surface area contributed by atoms with Gasteiger partial charge in [0, 0.05) is 97.6 Å². The molecule has 5 fully saturated rings. The predicted octanol–water partition coefficient (Wildman–Crippen LogP) is 6.45. The van der Waals surface area contributed by atoms with Crippen LogP contribution in [0.2, 0.25) is 0 Å². The van der Waals surface area contributed by atoms with Crippen LogP contribution in [-0.4, -0.2) is 149 Å². The van der Waals surface area contributed by atoms with Gasteiger partial charge in [-0.1, -0.05) is 163 Å². The van der Waals surface area contributed by atoms with Gasteiger partial charge >= 0.3 is 0 Å². The van der Waals surface area contributed by atoms with E-state index in [1.54, 1.807) is 24.5 Å². The molecule has 0 aliphatic carbocycles. The first-order valence-electron chi connectivity index (χ1n) is 31.1. The molecule has 10 amide bonds. The Morgan fingerprint density at radius 2 is 0.412 bits per heavy atom. The van der Waals surface area contributed by atoms with Crippen LogP contribution in [0.15, 0.2) is 0 Å². The summed E-state index contributed by atoms with van der Waals surface area (Å²) >= 11 is 0. The summed E-state index contributed by atoms with van der Waals surface area (Å²) < 4.78 is 0. The van der Waals surface area contributed by atoms with Crippen molar-refractivity contribution in [3.8, 4) is 0 Å². The molecule has 10 N–H and O–H groups in total. The minimum absolute atomic E-state index is 0.0740. The Hall–Kier alpha value is -5.30. The number of nitrogens with zero attached hydrogens (tertiary/aromatic N) is 5. The van der Waals surface area contributed by atoms with E-state index in [9.17, 15) is 47.9 Å². The van der Waals surface area contributed by atoms with E-state index < -0.39 is 0 Å². The second kappa shape index (κ2) is 43.4. The van der Waals surface area contributed by atoms with Crippen LogP contribution in [0.4, 0.5) is 0 Å². The van der Waals surface area contributed by atoms with Crippen molar-refractivity contribution in [2.75, 3.05) is 65.4 Å². The van der Waals surface area contributed by atoms with Crippen LogP contribution in [0.25, 0.3) is 0 Å². The molecule has 5 rings (SSSR count). The van der Waals surface area contributed by atoms with Crippen molar-refractivity contribution in [3.63, 3.8) is 0 Å². The lowest BCUT2D eigenvalue weighted by atomic mass is 10.1. The molecule has 460 valence electrons. The first kappa shape index (κ1) is 72.7. The highest BCUT2D eigenvalue weighted by Gasteiger charge is 2.36. The van der Waals surface area contributed by atoms with Crippen molar-refractivity contribution in [1.82, 2.24) is 24.5 Å². The average Bonchev–Trinajstić information content (AvgIpc) is 4.26. The molecule has 0 aromatic heterocycles. The molecule has 0 aromatic carbocycles. The lowest BCUT2D eigenvalue weighted by Gasteiger charge is -2.15. The summed E-state index contributed by atoms with van der Waals surface area (Å²) in [6.07, 6.45) is 31.3. The monoisotopic (exact) mass is 1130 g/mol. The number of carbonyl (C=O) groups excluding carboxylic acids is 10. The van der Waals surface area contributed by atoms with E-state index in [1.807, 2.05) is 0 Å². The van der Waals surface area contributed by atoms with Crippen LogP contribution in [0.5, 0.6) is 0 Å². The van der Waals surface area contributed by atoms with Crippen LogP contribution < -0.4 is 28.7 Å². The van der Waals surface area contributed by atoms with E-state index in [-0.39, 0.29) is 88.7 Å². The zero-order chi connectivity index (χ0) is 59.8. The smallest absolute Gasteiger partial charge is 0.223 e. The average molecular weight is 1130 g/mol. The number of rotatable bonds is 35. The van der Waals surface area contributed by atoms with E-state index in [0.717, 1.165) is 84.1 Å². The maximum Gasteiger partial charge on any atom is 0.223 e. The highest BCUT2D eigenvalue weighted by Crippen LogP contribution is 2.22. The second-order valence-corrected chi connectivity index (χ2v) is 22.8. The lowest BCUT2D eigenvalue weighted by molar-refractivity contribution is -0.128. The third-order valence-electron chi connectivity index (χ3n) is 15.7. The normalized spacial score (nSPS) is 20.4. The van der Waals surface area contributed by atoms with E-state index >= 15 is 0 Å². The summed E-state index contributed by atoms with van der Waals surface area (Å²) in [6.45, 7) is 17.4. The van der Waals surface area contributed by atoms with Crippen LogP contribution >= 0.6 is 0 Å². The van der Waals surface area contributed by atoms with Gasteiger partial charge in [-0.2, -0.15) is 0 Å². The molecule has 5 aliphatic rings. The number of amides is 10. The Labute approximate surface area is 480 Å². The number of likely N-dealkylation sites (tertiary alicyclic amines) is 5. The van der Waals surface area contributed by atoms with Crippen molar-refractivity contribution in [2.24, 2.45) is 58.3 Å². The molecule has 0 radical (unpaired) electrons. The Bertz CT molecular complexity index is 1870. The molecule has 5 aliphatic heterocycles. The molecule has 5 saturated heterocycles. The summed E-state index contributed by atoms with van der Waals surface area (Å²) in [7, 11) is 0. The molecule has 20 heteroatoms. The number of nitrogens with two attached hydrogens (primary N) is 5. The van der Waals surface area contributed by atoms with Gasteiger partial charge in [0.2, 0.25) is 59.1 Å². The van der Waals surface area contributed by atoms with Gasteiger partial charge in [-0.25, -0.2) is 0 Å². The molecule has 5 unspecified atom stereocenters. The molecule has 0 bridgehead atoms. The Morgan fingerprint density at radius 1 is 0.275 bits per heavy atom. The van der Waals surface area contributed by atoms with E-state index in [0.29, 0.717) is 64.8 Å². The third kappa shape index (κ3) is 31.1. The largest absolute Gasteiger partial charge is 0.369 e. The van der Waals surface area contributed by atoms with Gasteiger partial charge in [-0.3, -0.25) is 47.9 Å². The summed E-state index contributed by atoms with van der Waals surface area (Å²) in [5.41, 5.74) is 26.0. The molecule has 0 saturated carbocycles. The fraction of sp³-hybridized carbons (Fsp3) is 0.833. The minimum Gasteiger partial charge on any atom is -0.369 e. The van der Waals surface area contributed by atoms with Gasteiger partial charge in [0.15, 0.2) is 0 Å². The Balaban J connectivity index is 0.000000501. The van der Waals surface area contributed by atoms with Crippen LogP contribution in [0.3, 0.4) is 0 Å². The second-order valence-electron chi connectivity index (χ2n) is 22.8. The SMILES string of the molecule is CCCCCCCCCN1CC(C(N)=O)CC1=O.CCCCCCCCN1CC(C(N)=O)CC1=O.CCCCCCCN1CC(C(N)=O)CC1=O.CCCCCCN1CC(C(N)=O)CC1=O.CCCCCN1CC(C(N)=O)CC1=O. The molecular weight excluding hydrogens is 1020 g/mol. The molecular formula is C60H110N10O10. The van der Waals surface area contributed by atoms with Crippen molar-refractivity contribution in [1.29, 1.82) is 0 Å². The molecule has 5 heterocycles. The highest BCUT2D eigenvalue weighted by molar-refractivity contribution is 5.91. The molecule has 80 heavy (non-hydrogen) atoms.